The van der Waals surface area contributed by atoms with Gasteiger partial charge in [0, 0.05) is 9.26 Å². The number of halogens is 1. The molecule has 3 heteroatoms. The van der Waals surface area contributed by atoms with Gasteiger partial charge in [-0.1, -0.05) is 0 Å². The Morgan fingerprint density at radius 2 is 2.18 bits per heavy atom. The molecule has 11 heavy (non-hydrogen) atoms. The zero-order chi connectivity index (χ0) is 8.43. The molecule has 0 aromatic heterocycles. The molecule has 0 saturated carbocycles. The Morgan fingerprint density at radius 1 is 1.55 bits per heavy atom. The maximum atomic E-state index is 8.57. The van der Waals surface area contributed by atoms with E-state index in [1.807, 2.05) is 13.0 Å². The minimum atomic E-state index is 0.625. The third-order valence-electron chi connectivity index (χ3n) is 1.41. The van der Waals surface area contributed by atoms with Crippen molar-refractivity contribution in [2.45, 2.75) is 6.92 Å². The van der Waals surface area contributed by atoms with Gasteiger partial charge in [-0.2, -0.15) is 5.26 Å². The molecule has 0 fully saturated rings. The molecule has 0 unspecified atom stereocenters. The van der Waals surface area contributed by atoms with Crippen LogP contribution < -0.4 is 5.73 Å². The molecule has 0 aliphatic rings. The molecular weight excluding hydrogens is 251 g/mol. The second-order valence-corrected chi connectivity index (χ2v) is 3.39. The summed E-state index contributed by atoms with van der Waals surface area (Å²) in [6.45, 7) is 1.94. The van der Waals surface area contributed by atoms with Crippen molar-refractivity contribution in [3.05, 3.63) is 26.8 Å². The average Bonchev–Trinajstić information content (AvgIpc) is 1.99. The highest BCUT2D eigenvalue weighted by molar-refractivity contribution is 14.1. The second-order valence-electron chi connectivity index (χ2n) is 2.31. The monoisotopic (exact) mass is 258 g/mol. The minimum Gasteiger partial charge on any atom is -0.398 e. The molecule has 0 spiro atoms. The van der Waals surface area contributed by atoms with Crippen LogP contribution >= 0.6 is 22.6 Å². The van der Waals surface area contributed by atoms with E-state index < -0.39 is 0 Å². The lowest BCUT2D eigenvalue weighted by Crippen LogP contribution is -1.93. The quantitative estimate of drug-likeness (QED) is 0.572. The molecule has 1 aromatic rings. The number of hydrogen-bond donors (Lipinski definition) is 1. The Balaban J connectivity index is 3.35. The largest absolute Gasteiger partial charge is 0.398 e. The Morgan fingerprint density at radius 3 is 2.64 bits per heavy atom. The molecule has 0 aliphatic heterocycles. The number of benzene rings is 1. The zero-order valence-corrected chi connectivity index (χ0v) is 8.21. The number of nitrogen functional groups attached to an aromatic ring is 1. The van der Waals surface area contributed by atoms with Gasteiger partial charge in [0.25, 0.3) is 0 Å². The summed E-state index contributed by atoms with van der Waals surface area (Å²) >= 11 is 2.17. The standard InChI is InChI=1S/C8H7IN2/c1-5-2-6(4-10)3-7(11)8(5)9/h2-3H,11H2,1H3. The van der Waals surface area contributed by atoms with Gasteiger partial charge in [0.05, 0.1) is 11.6 Å². The van der Waals surface area contributed by atoms with Gasteiger partial charge in [-0.05, 0) is 47.2 Å². The predicted molar refractivity (Wildman–Crippen MR) is 53.0 cm³/mol. The van der Waals surface area contributed by atoms with Crippen molar-refractivity contribution in [1.29, 1.82) is 5.26 Å². The van der Waals surface area contributed by atoms with Gasteiger partial charge in [-0.15, -0.1) is 0 Å². The number of rotatable bonds is 0. The molecule has 2 N–H and O–H groups in total. The van der Waals surface area contributed by atoms with Crippen molar-refractivity contribution in [3.63, 3.8) is 0 Å². The van der Waals surface area contributed by atoms with Crippen LogP contribution in [0.25, 0.3) is 0 Å². The topological polar surface area (TPSA) is 49.8 Å². The highest BCUT2D eigenvalue weighted by Crippen LogP contribution is 2.20. The molecule has 0 radical (unpaired) electrons. The highest BCUT2D eigenvalue weighted by Gasteiger charge is 2.00. The van der Waals surface area contributed by atoms with Crippen molar-refractivity contribution >= 4 is 28.3 Å². The van der Waals surface area contributed by atoms with E-state index >= 15 is 0 Å². The van der Waals surface area contributed by atoms with Crippen LogP contribution in [0.15, 0.2) is 12.1 Å². The number of hydrogen-bond acceptors (Lipinski definition) is 2. The van der Waals surface area contributed by atoms with Crippen molar-refractivity contribution in [1.82, 2.24) is 0 Å². The summed E-state index contributed by atoms with van der Waals surface area (Å²) in [6, 6.07) is 5.57. The summed E-state index contributed by atoms with van der Waals surface area (Å²) in [5.74, 6) is 0. The van der Waals surface area contributed by atoms with Crippen LogP contribution in [0.2, 0.25) is 0 Å². The lowest BCUT2D eigenvalue weighted by Gasteiger charge is -2.01. The fourth-order valence-electron chi connectivity index (χ4n) is 0.861. The molecule has 0 amide bonds. The van der Waals surface area contributed by atoms with Gasteiger partial charge in [0.15, 0.2) is 0 Å². The van der Waals surface area contributed by atoms with E-state index in [4.69, 9.17) is 11.0 Å². The summed E-state index contributed by atoms with van der Waals surface area (Å²) in [5.41, 5.74) is 8.00. The number of nitrogens with zero attached hydrogens (tertiary/aromatic N) is 1. The average molecular weight is 258 g/mol. The van der Waals surface area contributed by atoms with E-state index in [1.54, 1.807) is 6.07 Å². The maximum Gasteiger partial charge on any atom is 0.0992 e. The zero-order valence-electron chi connectivity index (χ0n) is 6.06. The molecule has 0 heterocycles. The van der Waals surface area contributed by atoms with Crippen LogP contribution in [-0.2, 0) is 0 Å². The van der Waals surface area contributed by atoms with Crippen LogP contribution in [0.1, 0.15) is 11.1 Å². The van der Waals surface area contributed by atoms with Crippen LogP contribution in [-0.4, -0.2) is 0 Å². The van der Waals surface area contributed by atoms with E-state index in [0.717, 1.165) is 9.13 Å². The molecule has 0 atom stereocenters. The predicted octanol–water partition coefficient (Wildman–Crippen LogP) is 2.05. The van der Waals surface area contributed by atoms with E-state index in [9.17, 15) is 0 Å². The van der Waals surface area contributed by atoms with Gasteiger partial charge in [-0.25, -0.2) is 0 Å². The first-order chi connectivity index (χ1) is 5.15. The second kappa shape index (κ2) is 3.09. The Kier molecular flexibility index (Phi) is 2.35. The number of anilines is 1. The first-order valence-electron chi connectivity index (χ1n) is 3.11. The first kappa shape index (κ1) is 8.34. The Labute approximate surface area is 79.2 Å². The molecule has 1 rings (SSSR count). The summed E-state index contributed by atoms with van der Waals surface area (Å²) in [6.07, 6.45) is 0. The van der Waals surface area contributed by atoms with Crippen molar-refractivity contribution in [2.75, 3.05) is 5.73 Å². The SMILES string of the molecule is Cc1cc(C#N)cc(N)c1I. The summed E-state index contributed by atoms with van der Waals surface area (Å²) < 4.78 is 1.03. The fourth-order valence-corrected chi connectivity index (χ4v) is 1.17. The molecule has 0 bridgehead atoms. The third-order valence-corrected chi connectivity index (χ3v) is 2.89. The summed E-state index contributed by atoms with van der Waals surface area (Å²) in [4.78, 5) is 0. The first-order valence-corrected chi connectivity index (χ1v) is 4.18. The van der Waals surface area contributed by atoms with E-state index in [-0.39, 0.29) is 0 Å². The lowest BCUT2D eigenvalue weighted by molar-refractivity contribution is 1.39. The summed E-state index contributed by atoms with van der Waals surface area (Å²) in [5, 5.41) is 8.57. The Hall–Kier alpha value is -0.760. The normalized spacial score (nSPS) is 9.18. The fraction of sp³-hybridized carbons (Fsp3) is 0.125. The Bertz CT molecular complexity index is 302. The maximum absolute atomic E-state index is 8.57. The molecule has 56 valence electrons. The number of aryl methyl sites for hydroxylation is 1. The van der Waals surface area contributed by atoms with Crippen LogP contribution in [0.4, 0.5) is 5.69 Å². The molecule has 1 aromatic carbocycles. The number of nitriles is 1. The van der Waals surface area contributed by atoms with Crippen molar-refractivity contribution in [3.8, 4) is 6.07 Å². The molecule has 2 nitrogen and oxygen atoms in total. The van der Waals surface area contributed by atoms with E-state index in [0.29, 0.717) is 11.3 Å². The smallest absolute Gasteiger partial charge is 0.0992 e. The van der Waals surface area contributed by atoms with Gasteiger partial charge in [0.1, 0.15) is 0 Å². The highest BCUT2D eigenvalue weighted by atomic mass is 127. The van der Waals surface area contributed by atoms with Crippen LogP contribution in [0.3, 0.4) is 0 Å². The van der Waals surface area contributed by atoms with Gasteiger partial charge in [-0.3, -0.25) is 0 Å². The van der Waals surface area contributed by atoms with Crippen LogP contribution in [0.5, 0.6) is 0 Å². The van der Waals surface area contributed by atoms with Gasteiger partial charge >= 0.3 is 0 Å². The number of nitrogens with two attached hydrogens (primary N) is 1. The molecular formula is C8H7IN2. The van der Waals surface area contributed by atoms with Crippen molar-refractivity contribution in [2.24, 2.45) is 0 Å². The van der Waals surface area contributed by atoms with Gasteiger partial charge < -0.3 is 5.73 Å². The molecule has 0 saturated heterocycles. The van der Waals surface area contributed by atoms with Crippen LogP contribution in [0, 0.1) is 21.8 Å². The minimum absolute atomic E-state index is 0.625. The molecule has 0 aliphatic carbocycles. The van der Waals surface area contributed by atoms with Crippen molar-refractivity contribution < 1.29 is 0 Å². The van der Waals surface area contributed by atoms with Gasteiger partial charge in [0.2, 0.25) is 0 Å². The van der Waals surface area contributed by atoms with E-state index in [1.165, 1.54) is 0 Å². The third kappa shape index (κ3) is 1.63. The summed E-state index contributed by atoms with van der Waals surface area (Å²) in [7, 11) is 0. The lowest BCUT2D eigenvalue weighted by atomic mass is 10.1. The van der Waals surface area contributed by atoms with E-state index in [2.05, 4.69) is 28.7 Å².